The van der Waals surface area contributed by atoms with Gasteiger partial charge in [0, 0.05) is 23.9 Å². The van der Waals surface area contributed by atoms with E-state index in [1.54, 1.807) is 6.33 Å². The molecule has 112 valence electrons. The fourth-order valence-electron chi connectivity index (χ4n) is 2.71. The molecule has 1 aromatic rings. The standard InChI is InChI=1S/C15H26N4O/c1-12(2)8-18-14(20)10-19-11-17-9-13(19)15(3)4-6-16-7-5-15/h9,11-12,16H,4-8,10H2,1-3H3,(H,18,20). The molecule has 0 aliphatic carbocycles. The minimum Gasteiger partial charge on any atom is -0.354 e. The van der Waals surface area contributed by atoms with Crippen LogP contribution in [0.15, 0.2) is 12.5 Å². The van der Waals surface area contributed by atoms with Gasteiger partial charge in [0.05, 0.1) is 6.33 Å². The minimum atomic E-state index is 0.0653. The number of rotatable bonds is 5. The predicted molar refractivity (Wildman–Crippen MR) is 79.5 cm³/mol. The Balaban J connectivity index is 2.03. The van der Waals surface area contributed by atoms with E-state index in [2.05, 4.69) is 36.4 Å². The van der Waals surface area contributed by atoms with Crippen LogP contribution in [0.25, 0.3) is 0 Å². The van der Waals surface area contributed by atoms with Crippen molar-refractivity contribution in [1.29, 1.82) is 0 Å². The summed E-state index contributed by atoms with van der Waals surface area (Å²) in [5.41, 5.74) is 1.30. The Labute approximate surface area is 121 Å². The zero-order valence-electron chi connectivity index (χ0n) is 12.8. The van der Waals surface area contributed by atoms with Gasteiger partial charge in [-0.1, -0.05) is 20.8 Å². The quantitative estimate of drug-likeness (QED) is 0.853. The second kappa shape index (κ2) is 6.39. The maximum absolute atomic E-state index is 12.0. The van der Waals surface area contributed by atoms with Gasteiger partial charge in [-0.3, -0.25) is 4.79 Å². The number of nitrogens with one attached hydrogen (secondary N) is 2. The van der Waals surface area contributed by atoms with Gasteiger partial charge in [-0.05, 0) is 31.8 Å². The van der Waals surface area contributed by atoms with Crippen molar-refractivity contribution >= 4 is 5.91 Å². The Bertz CT molecular complexity index is 446. The van der Waals surface area contributed by atoms with Crippen molar-refractivity contribution in [2.75, 3.05) is 19.6 Å². The third kappa shape index (κ3) is 3.60. The number of aromatic nitrogens is 2. The van der Waals surface area contributed by atoms with E-state index in [0.29, 0.717) is 12.5 Å². The van der Waals surface area contributed by atoms with E-state index >= 15 is 0 Å². The van der Waals surface area contributed by atoms with Gasteiger partial charge >= 0.3 is 0 Å². The third-order valence-corrected chi connectivity index (χ3v) is 4.06. The van der Waals surface area contributed by atoms with E-state index in [1.165, 1.54) is 5.69 Å². The fraction of sp³-hybridized carbons (Fsp3) is 0.733. The average molecular weight is 278 g/mol. The largest absolute Gasteiger partial charge is 0.354 e. The van der Waals surface area contributed by atoms with Crippen LogP contribution in [0.4, 0.5) is 0 Å². The zero-order chi connectivity index (χ0) is 14.6. The summed E-state index contributed by atoms with van der Waals surface area (Å²) in [4.78, 5) is 16.2. The third-order valence-electron chi connectivity index (χ3n) is 4.06. The second-order valence-corrected chi connectivity index (χ2v) is 6.42. The van der Waals surface area contributed by atoms with Crippen molar-refractivity contribution in [3.05, 3.63) is 18.2 Å². The number of carbonyl (C=O) groups is 1. The van der Waals surface area contributed by atoms with E-state index in [1.807, 2.05) is 10.8 Å². The Morgan fingerprint density at radius 2 is 2.20 bits per heavy atom. The summed E-state index contributed by atoms with van der Waals surface area (Å²) >= 11 is 0. The van der Waals surface area contributed by atoms with Crippen LogP contribution in [0.2, 0.25) is 0 Å². The summed E-state index contributed by atoms with van der Waals surface area (Å²) in [5.74, 6) is 0.540. The monoisotopic (exact) mass is 278 g/mol. The van der Waals surface area contributed by atoms with Gasteiger partial charge in [0.15, 0.2) is 0 Å². The molecule has 0 spiro atoms. The molecule has 0 saturated carbocycles. The topological polar surface area (TPSA) is 59.0 Å². The van der Waals surface area contributed by atoms with Crippen LogP contribution in [-0.2, 0) is 16.8 Å². The Morgan fingerprint density at radius 3 is 2.85 bits per heavy atom. The van der Waals surface area contributed by atoms with E-state index in [9.17, 15) is 4.79 Å². The lowest BCUT2D eigenvalue weighted by atomic mass is 9.78. The molecule has 5 nitrogen and oxygen atoms in total. The summed E-state index contributed by atoms with van der Waals surface area (Å²) in [5, 5.41) is 6.35. The molecule has 0 unspecified atom stereocenters. The molecule has 1 aromatic heterocycles. The first-order chi connectivity index (χ1) is 9.51. The number of nitrogens with zero attached hydrogens (tertiary/aromatic N) is 2. The molecule has 1 amide bonds. The molecule has 2 heterocycles. The molecule has 20 heavy (non-hydrogen) atoms. The van der Waals surface area contributed by atoms with Crippen LogP contribution < -0.4 is 10.6 Å². The molecule has 1 aliphatic rings. The van der Waals surface area contributed by atoms with Crippen LogP contribution in [0.5, 0.6) is 0 Å². The van der Waals surface area contributed by atoms with E-state index in [-0.39, 0.29) is 11.3 Å². The van der Waals surface area contributed by atoms with Crippen LogP contribution in [-0.4, -0.2) is 35.1 Å². The highest BCUT2D eigenvalue weighted by molar-refractivity contribution is 5.75. The summed E-state index contributed by atoms with van der Waals surface area (Å²) in [6, 6.07) is 0. The first-order valence-corrected chi connectivity index (χ1v) is 7.49. The lowest BCUT2D eigenvalue weighted by molar-refractivity contribution is -0.121. The lowest BCUT2D eigenvalue weighted by Gasteiger charge is -2.34. The molecule has 0 bridgehead atoms. The Kier molecular flexibility index (Phi) is 4.81. The number of hydrogen-bond donors (Lipinski definition) is 2. The second-order valence-electron chi connectivity index (χ2n) is 6.42. The highest BCUT2D eigenvalue weighted by atomic mass is 16.1. The summed E-state index contributed by atoms with van der Waals surface area (Å²) in [6.45, 7) is 9.61. The maximum Gasteiger partial charge on any atom is 0.239 e. The average Bonchev–Trinajstić information content (AvgIpc) is 2.86. The van der Waals surface area contributed by atoms with Gasteiger partial charge in [0.2, 0.25) is 5.91 Å². The number of piperidine rings is 1. The van der Waals surface area contributed by atoms with Crippen molar-refractivity contribution in [3.8, 4) is 0 Å². The smallest absolute Gasteiger partial charge is 0.239 e. The summed E-state index contributed by atoms with van der Waals surface area (Å²) < 4.78 is 2.00. The first kappa shape index (κ1) is 15.0. The van der Waals surface area contributed by atoms with Gasteiger partial charge in [0.1, 0.15) is 6.54 Å². The van der Waals surface area contributed by atoms with Gasteiger partial charge < -0.3 is 15.2 Å². The number of hydrogen-bond acceptors (Lipinski definition) is 3. The van der Waals surface area contributed by atoms with Gasteiger partial charge in [-0.2, -0.15) is 0 Å². The molecule has 1 fully saturated rings. The number of imidazole rings is 1. The molecule has 0 aromatic carbocycles. The van der Waals surface area contributed by atoms with Crippen LogP contribution in [0, 0.1) is 5.92 Å². The predicted octanol–water partition coefficient (Wildman–Crippen LogP) is 1.30. The van der Waals surface area contributed by atoms with E-state index in [4.69, 9.17) is 0 Å². The molecule has 2 rings (SSSR count). The Hall–Kier alpha value is -1.36. The van der Waals surface area contributed by atoms with Crippen molar-refractivity contribution < 1.29 is 4.79 Å². The van der Waals surface area contributed by atoms with Gasteiger partial charge in [-0.25, -0.2) is 4.98 Å². The van der Waals surface area contributed by atoms with Gasteiger partial charge in [0.25, 0.3) is 0 Å². The molecular formula is C15H26N4O. The zero-order valence-corrected chi connectivity index (χ0v) is 12.8. The van der Waals surface area contributed by atoms with E-state index in [0.717, 1.165) is 32.5 Å². The van der Waals surface area contributed by atoms with Crippen LogP contribution >= 0.6 is 0 Å². The highest BCUT2D eigenvalue weighted by Gasteiger charge is 2.31. The van der Waals surface area contributed by atoms with Crippen molar-refractivity contribution in [2.45, 2.75) is 45.6 Å². The highest BCUT2D eigenvalue weighted by Crippen LogP contribution is 2.32. The SMILES string of the molecule is CC(C)CNC(=O)Cn1cncc1C1(C)CCNCC1. The molecule has 1 saturated heterocycles. The van der Waals surface area contributed by atoms with Crippen molar-refractivity contribution in [3.63, 3.8) is 0 Å². The van der Waals surface area contributed by atoms with Crippen molar-refractivity contribution in [1.82, 2.24) is 20.2 Å². The van der Waals surface area contributed by atoms with Crippen LogP contribution in [0.1, 0.15) is 39.3 Å². The van der Waals surface area contributed by atoms with Gasteiger partial charge in [-0.15, -0.1) is 0 Å². The van der Waals surface area contributed by atoms with Crippen LogP contribution in [0.3, 0.4) is 0 Å². The Morgan fingerprint density at radius 1 is 1.50 bits per heavy atom. The summed E-state index contributed by atoms with van der Waals surface area (Å²) in [6.07, 6.45) is 5.87. The molecule has 2 N–H and O–H groups in total. The van der Waals surface area contributed by atoms with E-state index < -0.39 is 0 Å². The minimum absolute atomic E-state index is 0.0653. The fourth-order valence-corrected chi connectivity index (χ4v) is 2.71. The van der Waals surface area contributed by atoms with Crippen molar-refractivity contribution in [2.24, 2.45) is 5.92 Å². The molecule has 0 radical (unpaired) electrons. The summed E-state index contributed by atoms with van der Waals surface area (Å²) in [7, 11) is 0. The first-order valence-electron chi connectivity index (χ1n) is 7.49. The number of carbonyl (C=O) groups excluding carboxylic acids is 1. The molecule has 1 aliphatic heterocycles. The normalized spacial score (nSPS) is 18.2. The molecule has 0 atom stereocenters. The maximum atomic E-state index is 12.0. The lowest BCUT2D eigenvalue weighted by Crippen LogP contribution is -2.40. The molecule has 5 heteroatoms. The number of amides is 1. The molecular weight excluding hydrogens is 252 g/mol.